The van der Waals surface area contributed by atoms with Crippen LogP contribution < -0.4 is 10.1 Å². The summed E-state index contributed by atoms with van der Waals surface area (Å²) in [5.41, 5.74) is 0.618. The van der Waals surface area contributed by atoms with Gasteiger partial charge >= 0.3 is 5.97 Å². The van der Waals surface area contributed by atoms with Crippen molar-refractivity contribution in [1.29, 1.82) is 0 Å². The molecule has 1 atom stereocenters. The smallest absolute Gasteiger partial charge is 0.337 e. The SMILES string of the molecule is COC(=O)c1ccc(Cl)c(NC(=O)C(C)Oc2ccccc2)c1. The second-order valence-corrected chi connectivity index (χ2v) is 5.16. The summed E-state index contributed by atoms with van der Waals surface area (Å²) < 4.78 is 10.2. The second-order valence-electron chi connectivity index (χ2n) is 4.75. The van der Waals surface area contributed by atoms with Gasteiger partial charge < -0.3 is 14.8 Å². The first-order valence-electron chi connectivity index (χ1n) is 6.91. The van der Waals surface area contributed by atoms with Crippen LogP contribution in [0.5, 0.6) is 5.75 Å². The maximum absolute atomic E-state index is 12.2. The van der Waals surface area contributed by atoms with Crippen molar-refractivity contribution in [3.63, 3.8) is 0 Å². The van der Waals surface area contributed by atoms with E-state index < -0.39 is 12.1 Å². The first-order chi connectivity index (χ1) is 11.0. The molecule has 5 nitrogen and oxygen atoms in total. The maximum atomic E-state index is 12.2. The molecule has 0 aliphatic carbocycles. The van der Waals surface area contributed by atoms with Crippen LogP contribution in [0.4, 0.5) is 5.69 Å². The zero-order valence-electron chi connectivity index (χ0n) is 12.7. The average Bonchev–Trinajstić information content (AvgIpc) is 2.56. The Morgan fingerprint density at radius 1 is 1.13 bits per heavy atom. The highest BCUT2D eigenvalue weighted by Gasteiger charge is 2.17. The number of anilines is 1. The van der Waals surface area contributed by atoms with Crippen LogP contribution in [0.1, 0.15) is 17.3 Å². The van der Waals surface area contributed by atoms with Crippen LogP contribution in [0.25, 0.3) is 0 Å². The van der Waals surface area contributed by atoms with E-state index in [1.807, 2.05) is 18.2 Å². The third-order valence-corrected chi connectivity index (χ3v) is 3.40. The summed E-state index contributed by atoms with van der Waals surface area (Å²) in [6.07, 6.45) is -0.727. The van der Waals surface area contributed by atoms with Crippen molar-refractivity contribution in [3.05, 3.63) is 59.1 Å². The van der Waals surface area contributed by atoms with Gasteiger partial charge in [-0.15, -0.1) is 0 Å². The molecule has 0 fully saturated rings. The van der Waals surface area contributed by atoms with Gasteiger partial charge in [-0.2, -0.15) is 0 Å². The van der Waals surface area contributed by atoms with Gasteiger partial charge in [0.25, 0.3) is 5.91 Å². The molecule has 6 heteroatoms. The summed E-state index contributed by atoms with van der Waals surface area (Å²) in [7, 11) is 1.28. The molecule has 1 amide bonds. The Hall–Kier alpha value is -2.53. The lowest BCUT2D eigenvalue weighted by molar-refractivity contribution is -0.122. The molecule has 0 saturated heterocycles. The molecule has 0 aliphatic rings. The predicted octanol–water partition coefficient (Wildman–Crippen LogP) is 3.53. The zero-order valence-corrected chi connectivity index (χ0v) is 13.5. The summed E-state index contributed by atoms with van der Waals surface area (Å²) in [6, 6.07) is 13.5. The monoisotopic (exact) mass is 333 g/mol. The van der Waals surface area contributed by atoms with Crippen LogP contribution in [0.3, 0.4) is 0 Å². The minimum Gasteiger partial charge on any atom is -0.481 e. The number of carbonyl (C=O) groups is 2. The Kier molecular flexibility index (Phi) is 5.60. The van der Waals surface area contributed by atoms with Crippen molar-refractivity contribution in [2.24, 2.45) is 0 Å². The molecular weight excluding hydrogens is 318 g/mol. The molecular formula is C17H16ClNO4. The highest BCUT2D eigenvalue weighted by atomic mass is 35.5. The summed E-state index contributed by atoms with van der Waals surface area (Å²) >= 11 is 6.05. The van der Waals surface area contributed by atoms with Gasteiger partial charge in [-0.25, -0.2) is 4.79 Å². The minimum atomic E-state index is -0.727. The van der Waals surface area contributed by atoms with Gasteiger partial charge in [-0.05, 0) is 37.3 Å². The fourth-order valence-corrected chi connectivity index (χ4v) is 2.02. The number of para-hydroxylation sites is 1. The summed E-state index contributed by atoms with van der Waals surface area (Å²) in [5.74, 6) is -0.298. The Labute approximate surface area is 139 Å². The van der Waals surface area contributed by atoms with Crippen molar-refractivity contribution >= 4 is 29.2 Å². The van der Waals surface area contributed by atoms with Gasteiger partial charge in [-0.1, -0.05) is 29.8 Å². The fourth-order valence-electron chi connectivity index (χ4n) is 1.86. The normalized spacial score (nSPS) is 11.4. The van der Waals surface area contributed by atoms with Crippen molar-refractivity contribution in [2.75, 3.05) is 12.4 Å². The van der Waals surface area contributed by atoms with Gasteiger partial charge in [0.2, 0.25) is 0 Å². The predicted molar refractivity (Wildman–Crippen MR) is 88.0 cm³/mol. The molecule has 23 heavy (non-hydrogen) atoms. The van der Waals surface area contributed by atoms with E-state index in [2.05, 4.69) is 10.1 Å². The molecule has 0 aliphatic heterocycles. The molecule has 0 radical (unpaired) electrons. The number of rotatable bonds is 5. The lowest BCUT2D eigenvalue weighted by atomic mass is 10.2. The molecule has 0 saturated carbocycles. The lowest BCUT2D eigenvalue weighted by Gasteiger charge is -2.15. The number of nitrogens with one attached hydrogen (secondary N) is 1. The van der Waals surface area contributed by atoms with E-state index in [-0.39, 0.29) is 5.91 Å². The maximum Gasteiger partial charge on any atom is 0.337 e. The van der Waals surface area contributed by atoms with E-state index in [9.17, 15) is 9.59 Å². The van der Waals surface area contributed by atoms with Gasteiger partial charge in [-0.3, -0.25) is 4.79 Å². The van der Waals surface area contributed by atoms with Gasteiger partial charge in [0, 0.05) is 0 Å². The molecule has 2 rings (SSSR count). The molecule has 120 valence electrons. The summed E-state index contributed by atoms with van der Waals surface area (Å²) in [4.78, 5) is 23.7. The van der Waals surface area contributed by atoms with E-state index in [0.717, 1.165) is 0 Å². The molecule has 2 aromatic carbocycles. The van der Waals surface area contributed by atoms with Crippen molar-refractivity contribution in [3.8, 4) is 5.75 Å². The number of esters is 1. The molecule has 1 unspecified atom stereocenters. The Morgan fingerprint density at radius 2 is 1.83 bits per heavy atom. The van der Waals surface area contributed by atoms with Crippen LogP contribution in [-0.2, 0) is 9.53 Å². The van der Waals surface area contributed by atoms with Gasteiger partial charge in [0.1, 0.15) is 5.75 Å². The summed E-state index contributed by atoms with van der Waals surface area (Å²) in [5, 5.41) is 2.96. The Morgan fingerprint density at radius 3 is 2.48 bits per heavy atom. The number of benzene rings is 2. The van der Waals surface area contributed by atoms with E-state index in [4.69, 9.17) is 16.3 Å². The van der Waals surface area contributed by atoms with Gasteiger partial charge in [0.15, 0.2) is 6.10 Å². The standard InChI is InChI=1S/C17H16ClNO4/c1-11(23-13-6-4-3-5-7-13)16(20)19-15-10-12(17(21)22-2)8-9-14(15)18/h3-11H,1-2H3,(H,19,20). The first kappa shape index (κ1) is 16.8. The molecule has 0 aromatic heterocycles. The lowest BCUT2D eigenvalue weighted by Crippen LogP contribution is -2.30. The highest BCUT2D eigenvalue weighted by Crippen LogP contribution is 2.24. The second kappa shape index (κ2) is 7.65. The fraction of sp³-hybridized carbons (Fsp3) is 0.176. The van der Waals surface area contributed by atoms with E-state index in [1.165, 1.54) is 25.3 Å². The third-order valence-electron chi connectivity index (χ3n) is 3.07. The number of hydrogen-bond acceptors (Lipinski definition) is 4. The largest absolute Gasteiger partial charge is 0.481 e. The van der Waals surface area contributed by atoms with E-state index >= 15 is 0 Å². The van der Waals surface area contributed by atoms with E-state index in [1.54, 1.807) is 19.1 Å². The quantitative estimate of drug-likeness (QED) is 0.850. The Bertz CT molecular complexity index is 703. The molecule has 1 N–H and O–H groups in total. The number of halogens is 1. The zero-order chi connectivity index (χ0) is 16.8. The minimum absolute atomic E-state index is 0.295. The van der Waals surface area contributed by atoms with Crippen LogP contribution in [0, 0.1) is 0 Å². The molecule has 2 aromatic rings. The number of carbonyl (C=O) groups excluding carboxylic acids is 2. The van der Waals surface area contributed by atoms with Crippen LogP contribution >= 0.6 is 11.6 Å². The number of ether oxygens (including phenoxy) is 2. The van der Waals surface area contributed by atoms with Crippen molar-refractivity contribution in [2.45, 2.75) is 13.0 Å². The molecule has 0 bridgehead atoms. The third kappa shape index (κ3) is 4.47. The number of hydrogen-bond donors (Lipinski definition) is 1. The number of amides is 1. The Balaban J connectivity index is 2.08. The number of methoxy groups -OCH3 is 1. The molecule has 0 spiro atoms. The van der Waals surface area contributed by atoms with Crippen molar-refractivity contribution in [1.82, 2.24) is 0 Å². The topological polar surface area (TPSA) is 64.6 Å². The average molecular weight is 334 g/mol. The van der Waals surface area contributed by atoms with Crippen LogP contribution in [0.15, 0.2) is 48.5 Å². The summed E-state index contributed by atoms with van der Waals surface area (Å²) in [6.45, 7) is 1.63. The first-order valence-corrected chi connectivity index (χ1v) is 7.29. The van der Waals surface area contributed by atoms with Crippen LogP contribution in [0.2, 0.25) is 5.02 Å². The van der Waals surface area contributed by atoms with Crippen LogP contribution in [-0.4, -0.2) is 25.1 Å². The molecule has 0 heterocycles. The highest BCUT2D eigenvalue weighted by molar-refractivity contribution is 6.33. The van der Waals surface area contributed by atoms with Gasteiger partial charge in [0.05, 0.1) is 23.4 Å². The van der Waals surface area contributed by atoms with E-state index in [0.29, 0.717) is 22.0 Å². The van der Waals surface area contributed by atoms with Crippen molar-refractivity contribution < 1.29 is 19.1 Å².